The van der Waals surface area contributed by atoms with Crippen LogP contribution >= 0.6 is 0 Å². The van der Waals surface area contributed by atoms with Gasteiger partial charge in [0, 0.05) is 49.3 Å². The average Bonchev–Trinajstić information content (AvgIpc) is 3.90. The van der Waals surface area contributed by atoms with E-state index >= 15 is 0 Å². The summed E-state index contributed by atoms with van der Waals surface area (Å²) in [4.78, 5) is 13.6. The summed E-state index contributed by atoms with van der Waals surface area (Å²) in [6.07, 6.45) is 0. The van der Waals surface area contributed by atoms with Crippen LogP contribution in [0.5, 0.6) is 0 Å². The number of para-hydroxylation sites is 1. The molecule has 0 spiro atoms. The SMILES string of the molecule is [2H]c1c([2H])c([2H])c(-c2nc(-c3ccc4c(c3)oc3ccc(-n5c6ccccc6c6cc7c(cc65)C(C)(C)c5ccccc5-7)cc34)nc(-c3c([2H])c([2H])c([2H])c([2H])c3[2H])n2)c([2H])c1[2H]. The molecule has 0 N–H and O–H groups in total. The number of aromatic nitrogens is 4. The summed E-state index contributed by atoms with van der Waals surface area (Å²) in [5.74, 6) is -0.714. The topological polar surface area (TPSA) is 56.7 Å². The highest BCUT2D eigenvalue weighted by Gasteiger charge is 2.36. The summed E-state index contributed by atoms with van der Waals surface area (Å²) in [6.45, 7) is 4.55. The van der Waals surface area contributed by atoms with Crippen molar-refractivity contribution in [1.82, 2.24) is 19.5 Å². The van der Waals surface area contributed by atoms with Crippen LogP contribution in [0.3, 0.4) is 0 Å². The first kappa shape index (κ1) is 21.5. The third-order valence-corrected chi connectivity index (χ3v) is 10.4. The molecular formula is C48H32N4O. The van der Waals surface area contributed by atoms with Crippen molar-refractivity contribution in [1.29, 1.82) is 0 Å². The second-order valence-corrected chi connectivity index (χ2v) is 13.7. The van der Waals surface area contributed by atoms with Gasteiger partial charge >= 0.3 is 0 Å². The van der Waals surface area contributed by atoms with Crippen molar-refractivity contribution in [2.24, 2.45) is 0 Å². The fourth-order valence-electron chi connectivity index (χ4n) is 7.94. The van der Waals surface area contributed by atoms with Gasteiger partial charge in [-0.2, -0.15) is 0 Å². The Morgan fingerprint density at radius 2 is 1.19 bits per heavy atom. The van der Waals surface area contributed by atoms with Crippen molar-refractivity contribution in [3.63, 3.8) is 0 Å². The van der Waals surface area contributed by atoms with E-state index in [4.69, 9.17) is 18.1 Å². The van der Waals surface area contributed by atoms with Gasteiger partial charge in [0.05, 0.1) is 24.7 Å². The highest BCUT2D eigenvalue weighted by atomic mass is 16.3. The van der Waals surface area contributed by atoms with Crippen LogP contribution < -0.4 is 0 Å². The molecule has 1 aliphatic carbocycles. The molecule has 0 aliphatic heterocycles. The van der Waals surface area contributed by atoms with Crippen molar-refractivity contribution in [3.8, 4) is 51.0 Å². The minimum Gasteiger partial charge on any atom is -0.456 e. The Morgan fingerprint density at radius 3 is 1.94 bits per heavy atom. The summed E-state index contributed by atoms with van der Waals surface area (Å²) in [6, 6.07) is 27.1. The maximum atomic E-state index is 8.66. The van der Waals surface area contributed by atoms with E-state index in [-0.39, 0.29) is 34.0 Å². The molecule has 0 fully saturated rings. The predicted octanol–water partition coefficient (Wildman–Crippen LogP) is 12.2. The standard InChI is InChI=1S/C48H32N4O/c1-48(2)39-19-11-9-17-33(39)36-27-37-34-18-10-12-20-41(34)52(42(37)28-40(36)48)32-22-24-43-38(26-32)35-23-21-31(25-44(35)53-43)47-50-45(29-13-5-3-6-14-29)49-46(51-47)30-15-7-4-8-16-30/h3-28H,1-2H3/i3D,4D,5D,6D,7D,8D,13D,14D,15D,16D. The molecule has 0 saturated carbocycles. The van der Waals surface area contributed by atoms with E-state index in [0.29, 0.717) is 16.7 Å². The molecule has 3 heterocycles. The first-order valence-corrected chi connectivity index (χ1v) is 17.2. The molecule has 7 aromatic carbocycles. The maximum Gasteiger partial charge on any atom is 0.164 e. The normalized spacial score (nSPS) is 15.9. The Kier molecular flexibility index (Phi) is 4.49. The average molecular weight is 691 g/mol. The molecule has 5 heteroatoms. The molecule has 0 saturated heterocycles. The predicted molar refractivity (Wildman–Crippen MR) is 215 cm³/mol. The summed E-state index contributed by atoms with van der Waals surface area (Å²) < 4.78 is 92.8. The zero-order valence-corrected chi connectivity index (χ0v) is 28.4. The van der Waals surface area contributed by atoms with Crippen LogP contribution in [0, 0.1) is 0 Å². The molecule has 0 atom stereocenters. The first-order chi connectivity index (χ1) is 30.1. The number of hydrogen-bond donors (Lipinski definition) is 0. The summed E-state index contributed by atoms with van der Waals surface area (Å²) in [5, 5.41) is 3.94. The lowest BCUT2D eigenvalue weighted by atomic mass is 9.82. The van der Waals surface area contributed by atoms with E-state index in [1.165, 1.54) is 22.3 Å². The van der Waals surface area contributed by atoms with Crippen molar-refractivity contribution < 1.29 is 18.1 Å². The lowest BCUT2D eigenvalue weighted by Gasteiger charge is -2.21. The molecule has 53 heavy (non-hydrogen) atoms. The smallest absolute Gasteiger partial charge is 0.164 e. The molecular weight excluding hydrogens is 649 g/mol. The Bertz CT molecular complexity index is 3540. The Hall–Kier alpha value is -6.85. The maximum absolute atomic E-state index is 8.66. The minimum atomic E-state index is -0.611. The molecule has 3 aromatic heterocycles. The number of benzene rings is 7. The number of furan rings is 1. The van der Waals surface area contributed by atoms with Crippen LogP contribution in [0.1, 0.15) is 38.7 Å². The second-order valence-electron chi connectivity index (χ2n) is 13.7. The largest absolute Gasteiger partial charge is 0.456 e. The van der Waals surface area contributed by atoms with Gasteiger partial charge in [0.15, 0.2) is 17.5 Å². The Balaban J connectivity index is 1.09. The van der Waals surface area contributed by atoms with Crippen molar-refractivity contribution >= 4 is 43.7 Å². The number of hydrogen-bond acceptors (Lipinski definition) is 4. The molecule has 0 radical (unpaired) electrons. The lowest BCUT2D eigenvalue weighted by Crippen LogP contribution is -2.14. The zero-order valence-electron chi connectivity index (χ0n) is 38.4. The van der Waals surface area contributed by atoms with Crippen molar-refractivity contribution in [2.45, 2.75) is 19.3 Å². The quantitative estimate of drug-likeness (QED) is 0.184. The van der Waals surface area contributed by atoms with Gasteiger partial charge in [-0.25, -0.2) is 15.0 Å². The van der Waals surface area contributed by atoms with Gasteiger partial charge in [0.1, 0.15) is 11.2 Å². The molecule has 1 aliphatic rings. The molecule has 0 amide bonds. The number of nitrogens with zero attached hydrogens (tertiary/aromatic N) is 4. The van der Waals surface area contributed by atoms with Crippen LogP contribution in [0.4, 0.5) is 0 Å². The zero-order chi connectivity index (χ0) is 44.0. The monoisotopic (exact) mass is 690 g/mol. The van der Waals surface area contributed by atoms with Gasteiger partial charge in [-0.05, 0) is 70.8 Å². The van der Waals surface area contributed by atoms with Gasteiger partial charge in [-0.3, -0.25) is 0 Å². The first-order valence-electron chi connectivity index (χ1n) is 22.2. The van der Waals surface area contributed by atoms with E-state index in [2.05, 4.69) is 94.0 Å². The fraction of sp³-hybridized carbons (Fsp3) is 0.0625. The highest BCUT2D eigenvalue weighted by molar-refractivity contribution is 6.12. The molecule has 5 nitrogen and oxygen atoms in total. The summed E-state index contributed by atoms with van der Waals surface area (Å²) >= 11 is 0. The molecule has 10 aromatic rings. The van der Waals surface area contributed by atoms with Gasteiger partial charge in [0.25, 0.3) is 0 Å². The van der Waals surface area contributed by atoms with E-state index in [9.17, 15) is 0 Å². The number of rotatable bonds is 4. The van der Waals surface area contributed by atoms with Gasteiger partial charge in [-0.15, -0.1) is 0 Å². The minimum absolute atomic E-state index is 0.0421. The van der Waals surface area contributed by atoms with Crippen LogP contribution in [0.25, 0.3) is 94.7 Å². The van der Waals surface area contributed by atoms with Crippen molar-refractivity contribution in [3.05, 3.63) is 169 Å². The Morgan fingerprint density at radius 1 is 0.509 bits per heavy atom. The van der Waals surface area contributed by atoms with Crippen LogP contribution in [0.2, 0.25) is 0 Å². The Labute approximate surface area is 319 Å². The van der Waals surface area contributed by atoms with Crippen LogP contribution in [-0.2, 0) is 5.41 Å². The van der Waals surface area contributed by atoms with Gasteiger partial charge in [-0.1, -0.05) is 123 Å². The molecule has 250 valence electrons. The molecule has 0 bridgehead atoms. The van der Waals surface area contributed by atoms with Gasteiger partial charge in [0.2, 0.25) is 0 Å². The lowest BCUT2D eigenvalue weighted by molar-refractivity contribution is 0.661. The molecule has 0 unspecified atom stereocenters. The van der Waals surface area contributed by atoms with E-state index < -0.39 is 60.4 Å². The van der Waals surface area contributed by atoms with E-state index in [0.717, 1.165) is 38.3 Å². The van der Waals surface area contributed by atoms with Crippen LogP contribution in [0.15, 0.2) is 162 Å². The van der Waals surface area contributed by atoms with E-state index in [1.54, 1.807) is 12.1 Å². The summed E-state index contributed by atoms with van der Waals surface area (Å²) in [7, 11) is 0. The van der Waals surface area contributed by atoms with Crippen molar-refractivity contribution in [2.75, 3.05) is 0 Å². The highest BCUT2D eigenvalue weighted by Crippen LogP contribution is 2.51. The number of fused-ring (bicyclic) bond motifs is 9. The molecule has 11 rings (SSSR count). The van der Waals surface area contributed by atoms with Crippen LogP contribution in [-0.4, -0.2) is 19.5 Å². The summed E-state index contributed by atoms with van der Waals surface area (Å²) in [5.41, 5.74) is 8.81. The second kappa shape index (κ2) is 11.1. The third kappa shape index (κ3) is 4.47. The third-order valence-electron chi connectivity index (χ3n) is 10.4. The van der Waals surface area contributed by atoms with E-state index in [1.807, 2.05) is 24.3 Å². The van der Waals surface area contributed by atoms with Gasteiger partial charge < -0.3 is 8.98 Å². The fourth-order valence-corrected chi connectivity index (χ4v) is 7.94.